The van der Waals surface area contributed by atoms with Crippen molar-refractivity contribution in [3.63, 3.8) is 0 Å². The average Bonchev–Trinajstić information content (AvgIpc) is 3.31. The largest absolute Gasteiger partial charge is 0.348 e. The lowest BCUT2D eigenvalue weighted by Gasteiger charge is -2.32. The highest BCUT2D eigenvalue weighted by Gasteiger charge is 2.36. The van der Waals surface area contributed by atoms with Crippen LogP contribution in [-0.2, 0) is 9.59 Å². The zero-order valence-corrected chi connectivity index (χ0v) is 14.9. The Kier molecular flexibility index (Phi) is 4.71. The standard InChI is InChI=1S/C17H25N3O2S/c1-10-15(23-12(3)18-10)11(2)19-16(21)14-5-4-8-20(9-14)17(22)13-6-7-13/h11,13-14H,4-9H2,1-3H3,(H,19,21)/t11-,14-/m1/s1. The summed E-state index contributed by atoms with van der Waals surface area (Å²) in [4.78, 5) is 32.2. The molecule has 1 aromatic heterocycles. The minimum absolute atomic E-state index is 0.0248. The molecule has 126 valence electrons. The minimum Gasteiger partial charge on any atom is -0.348 e. The number of nitrogens with zero attached hydrogens (tertiary/aromatic N) is 2. The third-order valence-electron chi connectivity index (χ3n) is 4.72. The first-order valence-corrected chi connectivity index (χ1v) is 9.30. The van der Waals surface area contributed by atoms with Crippen LogP contribution in [0, 0.1) is 25.7 Å². The van der Waals surface area contributed by atoms with Gasteiger partial charge in [0.25, 0.3) is 0 Å². The van der Waals surface area contributed by atoms with Gasteiger partial charge in [0.05, 0.1) is 22.7 Å². The molecule has 1 aromatic rings. The second-order valence-corrected chi connectivity index (χ2v) is 8.05. The van der Waals surface area contributed by atoms with Gasteiger partial charge in [-0.3, -0.25) is 9.59 Å². The van der Waals surface area contributed by atoms with Crippen molar-refractivity contribution in [2.75, 3.05) is 13.1 Å². The van der Waals surface area contributed by atoms with Crippen LogP contribution in [0.15, 0.2) is 0 Å². The summed E-state index contributed by atoms with van der Waals surface area (Å²) in [5, 5.41) is 4.14. The first-order chi connectivity index (χ1) is 11.0. The first-order valence-electron chi connectivity index (χ1n) is 8.48. The Morgan fingerprint density at radius 1 is 1.26 bits per heavy atom. The van der Waals surface area contributed by atoms with E-state index in [1.54, 1.807) is 11.3 Å². The number of rotatable bonds is 4. The number of hydrogen-bond acceptors (Lipinski definition) is 4. The van der Waals surface area contributed by atoms with Crippen LogP contribution < -0.4 is 5.32 Å². The average molecular weight is 335 g/mol. The molecule has 1 aliphatic heterocycles. The Labute approximate surface area is 141 Å². The van der Waals surface area contributed by atoms with Gasteiger partial charge in [-0.05, 0) is 46.5 Å². The quantitative estimate of drug-likeness (QED) is 0.920. The van der Waals surface area contributed by atoms with E-state index in [0.717, 1.165) is 47.8 Å². The molecule has 2 amide bonds. The van der Waals surface area contributed by atoms with Crippen molar-refractivity contribution in [3.05, 3.63) is 15.6 Å². The van der Waals surface area contributed by atoms with Crippen LogP contribution in [0.2, 0.25) is 0 Å². The summed E-state index contributed by atoms with van der Waals surface area (Å²) in [6.07, 6.45) is 3.83. The van der Waals surface area contributed by atoms with Gasteiger partial charge in [0, 0.05) is 23.9 Å². The Balaban J connectivity index is 1.58. The molecule has 23 heavy (non-hydrogen) atoms. The highest BCUT2D eigenvalue weighted by molar-refractivity contribution is 7.11. The molecular formula is C17H25N3O2S. The normalized spacial score (nSPS) is 22.7. The van der Waals surface area contributed by atoms with Gasteiger partial charge in [-0.15, -0.1) is 11.3 Å². The van der Waals surface area contributed by atoms with E-state index in [2.05, 4.69) is 10.3 Å². The molecule has 2 heterocycles. The number of carbonyl (C=O) groups excluding carboxylic acids is 2. The third-order valence-corrected chi connectivity index (χ3v) is 5.98. The fraction of sp³-hybridized carbons (Fsp3) is 0.706. The highest BCUT2D eigenvalue weighted by Crippen LogP contribution is 2.32. The summed E-state index contributed by atoms with van der Waals surface area (Å²) in [5.41, 5.74) is 0.995. The van der Waals surface area contributed by atoms with Gasteiger partial charge in [0.1, 0.15) is 0 Å². The van der Waals surface area contributed by atoms with Crippen molar-refractivity contribution in [1.82, 2.24) is 15.2 Å². The molecule has 1 saturated heterocycles. The molecule has 2 atom stereocenters. The van der Waals surface area contributed by atoms with E-state index in [4.69, 9.17) is 0 Å². The first kappa shape index (κ1) is 16.4. The van der Waals surface area contributed by atoms with Crippen molar-refractivity contribution >= 4 is 23.2 Å². The van der Waals surface area contributed by atoms with Gasteiger partial charge in [0.15, 0.2) is 0 Å². The summed E-state index contributed by atoms with van der Waals surface area (Å²) in [7, 11) is 0. The molecule has 1 saturated carbocycles. The Morgan fingerprint density at radius 2 is 2.00 bits per heavy atom. The highest BCUT2D eigenvalue weighted by atomic mass is 32.1. The predicted octanol–water partition coefficient (Wildman–Crippen LogP) is 2.59. The molecule has 2 aliphatic rings. The van der Waals surface area contributed by atoms with Gasteiger partial charge in [-0.25, -0.2) is 4.98 Å². The Morgan fingerprint density at radius 3 is 2.61 bits per heavy atom. The van der Waals surface area contributed by atoms with Gasteiger partial charge in [-0.2, -0.15) is 0 Å². The van der Waals surface area contributed by atoms with Crippen LogP contribution in [0.4, 0.5) is 0 Å². The smallest absolute Gasteiger partial charge is 0.225 e. The van der Waals surface area contributed by atoms with Gasteiger partial charge >= 0.3 is 0 Å². The van der Waals surface area contributed by atoms with Crippen molar-refractivity contribution < 1.29 is 9.59 Å². The molecular weight excluding hydrogens is 310 g/mol. The zero-order valence-electron chi connectivity index (χ0n) is 14.1. The van der Waals surface area contributed by atoms with Crippen molar-refractivity contribution in [2.24, 2.45) is 11.8 Å². The summed E-state index contributed by atoms with van der Waals surface area (Å²) in [6.45, 7) is 7.36. The van der Waals surface area contributed by atoms with Gasteiger partial charge in [0.2, 0.25) is 11.8 Å². The fourth-order valence-corrected chi connectivity index (χ4v) is 4.26. The number of piperidine rings is 1. The summed E-state index contributed by atoms with van der Waals surface area (Å²) in [5.74, 6) is 0.475. The van der Waals surface area contributed by atoms with Crippen LogP contribution in [0.1, 0.15) is 54.2 Å². The predicted molar refractivity (Wildman–Crippen MR) is 90.2 cm³/mol. The van der Waals surface area contributed by atoms with Crippen LogP contribution in [-0.4, -0.2) is 34.8 Å². The molecule has 5 nitrogen and oxygen atoms in total. The molecule has 1 aliphatic carbocycles. The number of carbonyl (C=O) groups is 2. The van der Waals surface area contributed by atoms with Crippen LogP contribution in [0.5, 0.6) is 0 Å². The third kappa shape index (κ3) is 3.74. The van der Waals surface area contributed by atoms with Gasteiger partial charge < -0.3 is 10.2 Å². The summed E-state index contributed by atoms with van der Waals surface area (Å²) < 4.78 is 0. The maximum atomic E-state index is 12.6. The van der Waals surface area contributed by atoms with E-state index in [-0.39, 0.29) is 29.7 Å². The second-order valence-electron chi connectivity index (χ2n) is 6.81. The topological polar surface area (TPSA) is 62.3 Å². The molecule has 6 heteroatoms. The van der Waals surface area contributed by atoms with Crippen LogP contribution in [0.25, 0.3) is 0 Å². The van der Waals surface area contributed by atoms with Crippen LogP contribution >= 0.6 is 11.3 Å². The maximum Gasteiger partial charge on any atom is 0.225 e. The lowest BCUT2D eigenvalue weighted by molar-refractivity contribution is -0.137. The Hall–Kier alpha value is -1.43. The van der Waals surface area contributed by atoms with Crippen molar-refractivity contribution in [1.29, 1.82) is 0 Å². The SMILES string of the molecule is Cc1nc(C)c([C@@H](C)NC(=O)[C@@H]2CCCN(C(=O)C3CC3)C2)s1. The van der Waals surface area contributed by atoms with E-state index in [1.165, 1.54) is 0 Å². The second kappa shape index (κ2) is 6.59. The number of nitrogens with one attached hydrogen (secondary N) is 1. The summed E-state index contributed by atoms with van der Waals surface area (Å²) in [6, 6.07) is -0.0248. The maximum absolute atomic E-state index is 12.6. The molecule has 0 spiro atoms. The molecule has 0 unspecified atom stereocenters. The number of hydrogen-bond donors (Lipinski definition) is 1. The number of thiazole rings is 1. The molecule has 2 fully saturated rings. The molecule has 0 aromatic carbocycles. The lowest BCUT2D eigenvalue weighted by Crippen LogP contribution is -2.46. The van der Waals surface area contributed by atoms with E-state index in [1.807, 2.05) is 25.7 Å². The summed E-state index contributed by atoms with van der Waals surface area (Å²) >= 11 is 1.64. The minimum atomic E-state index is -0.0803. The van der Waals surface area contributed by atoms with E-state index >= 15 is 0 Å². The zero-order chi connectivity index (χ0) is 16.6. The number of aryl methyl sites for hydroxylation is 2. The molecule has 3 rings (SSSR count). The monoisotopic (exact) mass is 335 g/mol. The van der Waals surface area contributed by atoms with E-state index in [9.17, 15) is 9.59 Å². The number of likely N-dealkylation sites (tertiary alicyclic amines) is 1. The van der Waals surface area contributed by atoms with E-state index in [0.29, 0.717) is 6.54 Å². The number of aromatic nitrogens is 1. The molecule has 0 radical (unpaired) electrons. The van der Waals surface area contributed by atoms with Crippen LogP contribution in [0.3, 0.4) is 0 Å². The van der Waals surface area contributed by atoms with Crippen molar-refractivity contribution in [3.8, 4) is 0 Å². The number of amides is 2. The fourth-order valence-electron chi connectivity index (χ4n) is 3.33. The molecule has 1 N–H and O–H groups in total. The van der Waals surface area contributed by atoms with E-state index < -0.39 is 0 Å². The molecule has 0 bridgehead atoms. The lowest BCUT2D eigenvalue weighted by atomic mass is 9.96. The van der Waals surface area contributed by atoms with Crippen molar-refractivity contribution in [2.45, 2.75) is 52.5 Å². The Bertz CT molecular complexity index is 609. The van der Waals surface area contributed by atoms with Gasteiger partial charge in [-0.1, -0.05) is 0 Å².